The number of ether oxygens (including phenoxy) is 1. The zero-order valence-corrected chi connectivity index (χ0v) is 19.7. The van der Waals surface area contributed by atoms with Crippen LogP contribution in [0.4, 0.5) is 5.69 Å². The van der Waals surface area contributed by atoms with Gasteiger partial charge in [0.15, 0.2) is 5.11 Å². The molecule has 1 fully saturated rings. The number of thiocarbonyl (C=S) groups is 1. The Bertz CT molecular complexity index is 1300. The molecule has 0 spiro atoms. The molecule has 0 radical (unpaired) electrons. The first-order chi connectivity index (χ1) is 16.1. The van der Waals surface area contributed by atoms with Crippen molar-refractivity contribution in [3.8, 4) is 11.4 Å². The Morgan fingerprint density at radius 1 is 0.909 bits per heavy atom. The molecule has 5 rings (SSSR count). The maximum Gasteiger partial charge on any atom is 0.174 e. The molecule has 0 amide bonds. The van der Waals surface area contributed by atoms with Gasteiger partial charge < -0.3 is 19.5 Å². The van der Waals surface area contributed by atoms with Gasteiger partial charge in [-0.2, -0.15) is 0 Å². The molecule has 2 aromatic heterocycles. The summed E-state index contributed by atoms with van der Waals surface area (Å²) in [7, 11) is 1.68. The molecule has 1 aliphatic rings. The Kier molecular flexibility index (Phi) is 5.60. The van der Waals surface area contributed by atoms with Crippen molar-refractivity contribution < 1.29 is 4.74 Å². The Morgan fingerprint density at radius 3 is 2.55 bits per heavy atom. The summed E-state index contributed by atoms with van der Waals surface area (Å²) in [6.07, 6.45) is 3.94. The first-order valence-corrected chi connectivity index (χ1v) is 11.4. The number of hydrogen-bond acceptors (Lipinski definition) is 3. The molecule has 33 heavy (non-hydrogen) atoms. The minimum atomic E-state index is -0.106. The van der Waals surface area contributed by atoms with Crippen LogP contribution in [0.25, 0.3) is 5.69 Å². The smallest absolute Gasteiger partial charge is 0.174 e. The lowest BCUT2D eigenvalue weighted by atomic mass is 10.0. The summed E-state index contributed by atoms with van der Waals surface area (Å²) in [6.45, 7) is 4.28. The highest BCUT2D eigenvalue weighted by Crippen LogP contribution is 2.42. The SMILES string of the molecule is COc1cccc(N2C(=S)N[C@H](c3ccccn3)[C@@H]2c2cccn2-c2ccc(C)c(C)c2)c1. The number of nitrogens with zero attached hydrogens (tertiary/aromatic N) is 3. The van der Waals surface area contributed by atoms with Crippen LogP contribution < -0.4 is 15.0 Å². The van der Waals surface area contributed by atoms with Gasteiger partial charge >= 0.3 is 0 Å². The monoisotopic (exact) mass is 454 g/mol. The fourth-order valence-corrected chi connectivity index (χ4v) is 4.79. The van der Waals surface area contributed by atoms with Crippen LogP contribution in [0, 0.1) is 13.8 Å². The zero-order chi connectivity index (χ0) is 22.9. The van der Waals surface area contributed by atoms with Crippen molar-refractivity contribution in [3.63, 3.8) is 0 Å². The van der Waals surface area contributed by atoms with Crippen LogP contribution in [-0.4, -0.2) is 21.8 Å². The van der Waals surface area contributed by atoms with Gasteiger partial charge in [0.2, 0.25) is 0 Å². The fourth-order valence-electron chi connectivity index (χ4n) is 4.44. The Balaban J connectivity index is 1.67. The van der Waals surface area contributed by atoms with E-state index in [2.05, 4.69) is 76.2 Å². The summed E-state index contributed by atoms with van der Waals surface area (Å²) in [6, 6.07) is 24.6. The average Bonchev–Trinajstić information content (AvgIpc) is 3.45. The van der Waals surface area contributed by atoms with Crippen molar-refractivity contribution in [2.24, 2.45) is 0 Å². The van der Waals surface area contributed by atoms with Crippen molar-refractivity contribution in [3.05, 3.63) is 108 Å². The number of aromatic nitrogens is 2. The second-order valence-electron chi connectivity index (χ2n) is 8.27. The van der Waals surface area contributed by atoms with Crippen LogP contribution in [0.3, 0.4) is 0 Å². The number of pyridine rings is 1. The first-order valence-electron chi connectivity index (χ1n) is 11.0. The lowest BCUT2D eigenvalue weighted by molar-refractivity contribution is 0.414. The molecule has 1 N–H and O–H groups in total. The topological polar surface area (TPSA) is 42.3 Å². The largest absolute Gasteiger partial charge is 0.497 e. The Morgan fingerprint density at radius 2 is 1.79 bits per heavy atom. The maximum absolute atomic E-state index is 5.86. The third-order valence-electron chi connectivity index (χ3n) is 6.28. The molecule has 6 heteroatoms. The van der Waals surface area contributed by atoms with Gasteiger partial charge in [0.05, 0.1) is 18.8 Å². The van der Waals surface area contributed by atoms with Crippen molar-refractivity contribution in [1.82, 2.24) is 14.9 Å². The van der Waals surface area contributed by atoms with Crippen LogP contribution in [0.1, 0.15) is 34.6 Å². The van der Waals surface area contributed by atoms with Gasteiger partial charge in [-0.3, -0.25) is 4.98 Å². The van der Waals surface area contributed by atoms with Gasteiger partial charge in [0.25, 0.3) is 0 Å². The van der Waals surface area contributed by atoms with Gasteiger partial charge in [0, 0.05) is 35.5 Å². The molecule has 0 bridgehead atoms. The third kappa shape index (κ3) is 3.87. The van der Waals surface area contributed by atoms with E-state index in [4.69, 9.17) is 17.0 Å². The van der Waals surface area contributed by atoms with Crippen LogP contribution in [0.15, 0.2) is 85.2 Å². The summed E-state index contributed by atoms with van der Waals surface area (Å²) >= 11 is 5.86. The summed E-state index contributed by atoms with van der Waals surface area (Å²) < 4.78 is 7.74. The first kappa shape index (κ1) is 21.2. The number of hydrogen-bond donors (Lipinski definition) is 1. The lowest BCUT2D eigenvalue weighted by Crippen LogP contribution is -2.30. The van der Waals surface area contributed by atoms with Gasteiger partial charge in [-0.1, -0.05) is 18.2 Å². The molecule has 0 unspecified atom stereocenters. The Labute approximate surface area is 199 Å². The van der Waals surface area contributed by atoms with Crippen molar-refractivity contribution in [1.29, 1.82) is 0 Å². The molecule has 1 saturated heterocycles. The molecular formula is C27H26N4OS. The van der Waals surface area contributed by atoms with E-state index in [0.29, 0.717) is 5.11 Å². The van der Waals surface area contributed by atoms with Gasteiger partial charge in [-0.05, 0) is 85.7 Å². The molecule has 3 heterocycles. The second-order valence-corrected chi connectivity index (χ2v) is 8.66. The predicted octanol–water partition coefficient (Wildman–Crippen LogP) is 5.67. The van der Waals surface area contributed by atoms with E-state index in [1.165, 1.54) is 11.1 Å². The quantitative estimate of drug-likeness (QED) is 0.393. The number of methoxy groups -OCH3 is 1. The lowest BCUT2D eigenvalue weighted by Gasteiger charge is -2.29. The maximum atomic E-state index is 5.86. The number of aryl methyl sites for hydroxylation is 2. The molecule has 0 saturated carbocycles. The molecule has 166 valence electrons. The summed E-state index contributed by atoms with van der Waals surface area (Å²) in [4.78, 5) is 6.83. The Hall–Kier alpha value is -3.64. The van der Waals surface area contributed by atoms with Crippen molar-refractivity contribution >= 4 is 23.0 Å². The van der Waals surface area contributed by atoms with Gasteiger partial charge in [0.1, 0.15) is 11.8 Å². The summed E-state index contributed by atoms with van der Waals surface area (Å²) in [5, 5.41) is 4.20. The van der Waals surface area contributed by atoms with Crippen LogP contribution in [-0.2, 0) is 0 Å². The minimum Gasteiger partial charge on any atom is -0.497 e. The van der Waals surface area contributed by atoms with E-state index in [-0.39, 0.29) is 12.1 Å². The zero-order valence-electron chi connectivity index (χ0n) is 18.9. The van der Waals surface area contributed by atoms with Gasteiger partial charge in [-0.25, -0.2) is 0 Å². The fraction of sp³-hybridized carbons (Fsp3) is 0.185. The summed E-state index contributed by atoms with van der Waals surface area (Å²) in [5.74, 6) is 0.792. The van der Waals surface area contributed by atoms with Gasteiger partial charge in [-0.15, -0.1) is 0 Å². The van der Waals surface area contributed by atoms with E-state index in [1.54, 1.807) is 7.11 Å². The predicted molar refractivity (Wildman–Crippen MR) is 136 cm³/mol. The molecule has 4 aromatic rings. The molecule has 2 aromatic carbocycles. The van der Waals surface area contributed by atoms with E-state index in [1.807, 2.05) is 42.6 Å². The van der Waals surface area contributed by atoms with E-state index >= 15 is 0 Å². The molecule has 5 nitrogen and oxygen atoms in total. The highest BCUT2D eigenvalue weighted by atomic mass is 32.1. The normalized spacial score (nSPS) is 17.8. The highest BCUT2D eigenvalue weighted by molar-refractivity contribution is 7.80. The van der Waals surface area contributed by atoms with Crippen LogP contribution in [0.5, 0.6) is 5.75 Å². The van der Waals surface area contributed by atoms with Crippen LogP contribution >= 0.6 is 12.2 Å². The average molecular weight is 455 g/mol. The number of nitrogens with one attached hydrogen (secondary N) is 1. The molecule has 1 aliphatic heterocycles. The molecular weight excluding hydrogens is 428 g/mol. The number of anilines is 1. The van der Waals surface area contributed by atoms with E-state index < -0.39 is 0 Å². The molecule has 2 atom stereocenters. The highest BCUT2D eigenvalue weighted by Gasteiger charge is 2.42. The standard InChI is InChI=1S/C27H26N4OS/c1-18-12-13-20(16-19(18)2)30-15-7-11-24(30)26-25(23-10-4-5-14-28-23)29-27(33)31(26)21-8-6-9-22(17-21)32-3/h4-17,25-26H,1-3H3,(H,29,33)/t25-,26+/m1/s1. The van der Waals surface area contributed by atoms with Crippen LogP contribution in [0.2, 0.25) is 0 Å². The van der Waals surface area contributed by atoms with Crippen molar-refractivity contribution in [2.45, 2.75) is 25.9 Å². The number of benzene rings is 2. The van der Waals surface area contributed by atoms with Crippen molar-refractivity contribution in [2.75, 3.05) is 12.0 Å². The van der Waals surface area contributed by atoms with E-state index in [9.17, 15) is 0 Å². The third-order valence-corrected chi connectivity index (χ3v) is 6.60. The summed E-state index contributed by atoms with van der Waals surface area (Å²) in [5.41, 5.74) is 6.72. The second kappa shape index (κ2) is 8.71. The van der Waals surface area contributed by atoms with E-state index in [0.717, 1.165) is 28.5 Å². The molecule has 0 aliphatic carbocycles. The minimum absolute atomic E-state index is 0.101. The number of rotatable bonds is 5.